The van der Waals surface area contributed by atoms with Crippen LogP contribution < -0.4 is 0 Å². The molecule has 0 aromatic heterocycles. The molecule has 2 aliphatic carbocycles. The van der Waals surface area contributed by atoms with Gasteiger partial charge in [-0.3, -0.25) is 0 Å². The van der Waals surface area contributed by atoms with Crippen LogP contribution in [0, 0.1) is 11.8 Å². The van der Waals surface area contributed by atoms with E-state index in [1.807, 2.05) is 0 Å². The van der Waals surface area contributed by atoms with Crippen molar-refractivity contribution in [3.63, 3.8) is 0 Å². The molecule has 0 atom stereocenters. The topological polar surface area (TPSA) is 0 Å². The van der Waals surface area contributed by atoms with Crippen molar-refractivity contribution in [1.29, 1.82) is 0 Å². The van der Waals surface area contributed by atoms with Crippen LogP contribution in [0.3, 0.4) is 0 Å². The van der Waals surface area contributed by atoms with Crippen LogP contribution in [0.4, 0.5) is 0 Å². The van der Waals surface area contributed by atoms with Gasteiger partial charge < -0.3 is 0 Å². The summed E-state index contributed by atoms with van der Waals surface area (Å²) in [5, 5.41) is 0. The van der Waals surface area contributed by atoms with Crippen molar-refractivity contribution in [2.75, 3.05) is 0 Å². The van der Waals surface area contributed by atoms with Gasteiger partial charge in [-0.1, -0.05) is 60.7 Å². The van der Waals surface area contributed by atoms with Gasteiger partial charge in [0.2, 0.25) is 0 Å². The molecule has 2 bridgehead atoms. The molecule has 0 nitrogen and oxygen atoms in total. The van der Waals surface area contributed by atoms with Crippen LogP contribution in [-0.4, -0.2) is 0 Å². The molecule has 2 aliphatic rings. The van der Waals surface area contributed by atoms with E-state index in [9.17, 15) is 0 Å². The molecule has 0 radical (unpaired) electrons. The fourth-order valence-corrected chi connectivity index (χ4v) is 4.87. The first kappa shape index (κ1) is 11.3. The zero-order chi connectivity index (χ0) is 12.7. The summed E-state index contributed by atoms with van der Waals surface area (Å²) in [7, 11) is 0. The fraction of sp³-hybridized carbons (Fsp3) is 0.368. The van der Waals surface area contributed by atoms with Crippen LogP contribution in [0.1, 0.15) is 36.8 Å². The number of hydrogen-bond donors (Lipinski definition) is 0. The van der Waals surface area contributed by atoms with Crippen molar-refractivity contribution in [1.82, 2.24) is 0 Å². The molecule has 2 aromatic rings. The standard InChI is InChI=1S/C19H20/c1-3-7-15(8-4-1)19(16-9-5-2-6-10-16)17-11-12-18(19)14-13-17/h1-10,17-18H,11-14H2. The lowest BCUT2D eigenvalue weighted by atomic mass is 9.67. The van der Waals surface area contributed by atoms with Crippen LogP contribution in [0.15, 0.2) is 60.7 Å². The van der Waals surface area contributed by atoms with E-state index in [-0.39, 0.29) is 0 Å². The highest BCUT2D eigenvalue weighted by Gasteiger charge is 2.55. The highest BCUT2D eigenvalue weighted by atomic mass is 14.6. The largest absolute Gasteiger partial charge is 0.0622 e. The summed E-state index contributed by atoms with van der Waals surface area (Å²) in [6.45, 7) is 0. The second kappa shape index (κ2) is 4.23. The zero-order valence-electron chi connectivity index (χ0n) is 11.3. The van der Waals surface area contributed by atoms with Gasteiger partial charge in [-0.05, 0) is 48.6 Å². The molecular formula is C19H20. The summed E-state index contributed by atoms with van der Waals surface area (Å²) in [4.78, 5) is 0. The lowest BCUT2D eigenvalue weighted by Gasteiger charge is -2.36. The average molecular weight is 248 g/mol. The maximum atomic E-state index is 2.35. The molecule has 0 unspecified atom stereocenters. The van der Waals surface area contributed by atoms with Gasteiger partial charge in [0.1, 0.15) is 0 Å². The van der Waals surface area contributed by atoms with Gasteiger partial charge in [0.05, 0.1) is 0 Å². The van der Waals surface area contributed by atoms with Crippen molar-refractivity contribution in [2.45, 2.75) is 31.1 Å². The van der Waals surface area contributed by atoms with Gasteiger partial charge >= 0.3 is 0 Å². The normalized spacial score (nSPS) is 27.6. The lowest BCUT2D eigenvalue weighted by Crippen LogP contribution is -2.32. The molecule has 0 aliphatic heterocycles. The second-order valence-electron chi connectivity index (χ2n) is 6.15. The maximum absolute atomic E-state index is 2.35. The van der Waals surface area contributed by atoms with E-state index in [0.29, 0.717) is 5.41 Å². The van der Waals surface area contributed by atoms with E-state index in [2.05, 4.69) is 60.7 Å². The lowest BCUT2D eigenvalue weighted by molar-refractivity contribution is 0.390. The molecule has 2 aromatic carbocycles. The number of benzene rings is 2. The number of hydrogen-bond acceptors (Lipinski definition) is 0. The Bertz CT molecular complexity index is 494. The Balaban J connectivity index is 1.95. The molecule has 19 heavy (non-hydrogen) atoms. The van der Waals surface area contributed by atoms with E-state index in [1.165, 1.54) is 25.7 Å². The van der Waals surface area contributed by atoms with Gasteiger partial charge in [0, 0.05) is 5.41 Å². The zero-order valence-corrected chi connectivity index (χ0v) is 11.3. The molecular weight excluding hydrogens is 228 g/mol. The van der Waals surface area contributed by atoms with E-state index in [0.717, 1.165) is 11.8 Å². The minimum absolute atomic E-state index is 0.308. The van der Waals surface area contributed by atoms with E-state index >= 15 is 0 Å². The van der Waals surface area contributed by atoms with Crippen LogP contribution in [0.5, 0.6) is 0 Å². The third-order valence-corrected chi connectivity index (χ3v) is 5.52. The summed E-state index contributed by atoms with van der Waals surface area (Å²) in [6, 6.07) is 22.5. The van der Waals surface area contributed by atoms with Gasteiger partial charge in [-0.25, -0.2) is 0 Å². The molecule has 0 amide bonds. The highest BCUT2D eigenvalue weighted by molar-refractivity contribution is 5.44. The Morgan fingerprint density at radius 1 is 0.579 bits per heavy atom. The number of fused-ring (bicyclic) bond motifs is 2. The summed E-state index contributed by atoms with van der Waals surface area (Å²) in [5.74, 6) is 1.70. The van der Waals surface area contributed by atoms with Gasteiger partial charge in [-0.15, -0.1) is 0 Å². The molecule has 0 heteroatoms. The molecule has 4 rings (SSSR count). The number of rotatable bonds is 2. The Hall–Kier alpha value is -1.56. The predicted octanol–water partition coefficient (Wildman–Crippen LogP) is 4.79. The molecule has 2 saturated carbocycles. The van der Waals surface area contributed by atoms with Gasteiger partial charge in [-0.2, -0.15) is 0 Å². The summed E-state index contributed by atoms with van der Waals surface area (Å²) >= 11 is 0. The summed E-state index contributed by atoms with van der Waals surface area (Å²) in [6.07, 6.45) is 5.64. The van der Waals surface area contributed by atoms with Crippen molar-refractivity contribution < 1.29 is 0 Å². The van der Waals surface area contributed by atoms with Crippen LogP contribution >= 0.6 is 0 Å². The predicted molar refractivity (Wildman–Crippen MR) is 79.1 cm³/mol. The first-order valence-corrected chi connectivity index (χ1v) is 7.53. The molecule has 0 heterocycles. The molecule has 0 spiro atoms. The van der Waals surface area contributed by atoms with E-state index < -0.39 is 0 Å². The van der Waals surface area contributed by atoms with Gasteiger partial charge in [0.15, 0.2) is 0 Å². The Kier molecular flexibility index (Phi) is 2.51. The van der Waals surface area contributed by atoms with Crippen molar-refractivity contribution in [2.24, 2.45) is 11.8 Å². The Morgan fingerprint density at radius 3 is 1.32 bits per heavy atom. The summed E-state index contributed by atoms with van der Waals surface area (Å²) in [5.41, 5.74) is 3.40. The van der Waals surface area contributed by atoms with E-state index in [1.54, 1.807) is 11.1 Å². The first-order valence-electron chi connectivity index (χ1n) is 7.53. The third-order valence-electron chi connectivity index (χ3n) is 5.52. The van der Waals surface area contributed by atoms with E-state index in [4.69, 9.17) is 0 Å². The fourth-order valence-electron chi connectivity index (χ4n) is 4.87. The monoisotopic (exact) mass is 248 g/mol. The minimum atomic E-state index is 0.308. The highest BCUT2D eigenvalue weighted by Crippen LogP contribution is 2.62. The quantitative estimate of drug-likeness (QED) is 0.716. The van der Waals surface area contributed by atoms with Crippen molar-refractivity contribution in [3.8, 4) is 0 Å². The third kappa shape index (κ3) is 1.46. The summed E-state index contributed by atoms with van der Waals surface area (Å²) < 4.78 is 0. The first-order chi connectivity index (χ1) is 9.42. The smallest absolute Gasteiger partial charge is 0.0259 e. The molecule has 0 N–H and O–H groups in total. The minimum Gasteiger partial charge on any atom is -0.0622 e. The Labute approximate surface area is 115 Å². The second-order valence-corrected chi connectivity index (χ2v) is 6.15. The van der Waals surface area contributed by atoms with Crippen molar-refractivity contribution >= 4 is 0 Å². The van der Waals surface area contributed by atoms with Gasteiger partial charge in [0.25, 0.3) is 0 Å². The van der Waals surface area contributed by atoms with Crippen LogP contribution in [0.25, 0.3) is 0 Å². The molecule has 96 valence electrons. The van der Waals surface area contributed by atoms with Crippen molar-refractivity contribution in [3.05, 3.63) is 71.8 Å². The SMILES string of the molecule is c1ccc(C2(c3ccccc3)C3CCC2CC3)cc1. The molecule has 2 fully saturated rings. The Morgan fingerprint density at radius 2 is 0.947 bits per heavy atom. The maximum Gasteiger partial charge on any atom is 0.0259 e. The molecule has 0 saturated heterocycles. The van der Waals surface area contributed by atoms with Crippen LogP contribution in [0.2, 0.25) is 0 Å². The van der Waals surface area contributed by atoms with Crippen LogP contribution in [-0.2, 0) is 5.41 Å². The average Bonchev–Trinajstić information content (AvgIpc) is 3.05.